The summed E-state index contributed by atoms with van der Waals surface area (Å²) < 4.78 is 6.45. The number of benzene rings is 3. The highest BCUT2D eigenvalue weighted by atomic mass is 32.2. The Balaban J connectivity index is 1.64. The molecule has 2 aliphatic heterocycles. The summed E-state index contributed by atoms with van der Waals surface area (Å²) in [6.45, 7) is 0. The molecule has 0 aliphatic carbocycles. The van der Waals surface area contributed by atoms with Crippen molar-refractivity contribution in [1.82, 2.24) is 0 Å². The monoisotopic (exact) mass is 411 g/mol. The quantitative estimate of drug-likeness (QED) is 0.613. The van der Waals surface area contributed by atoms with Gasteiger partial charge in [0.25, 0.3) is 0 Å². The number of thioether (sulfide) groups is 1. The Kier molecular flexibility index (Phi) is 4.72. The summed E-state index contributed by atoms with van der Waals surface area (Å²) in [6.07, 6.45) is 1.61. The number of amidine groups is 1. The second-order valence-electron chi connectivity index (χ2n) is 7.70. The third-order valence-corrected chi connectivity index (χ3v) is 6.65. The van der Waals surface area contributed by atoms with Gasteiger partial charge in [-0.25, -0.2) is 0 Å². The van der Waals surface area contributed by atoms with E-state index in [9.17, 15) is 5.26 Å². The lowest BCUT2D eigenvalue weighted by Gasteiger charge is -2.42. The third kappa shape index (κ3) is 3.34. The summed E-state index contributed by atoms with van der Waals surface area (Å²) in [5.74, 6) is 1.79. The number of fused-ring (bicyclic) bond motifs is 2. The van der Waals surface area contributed by atoms with Crippen molar-refractivity contribution in [3.05, 3.63) is 89.5 Å². The molecular weight excluding hydrogens is 390 g/mol. The summed E-state index contributed by atoms with van der Waals surface area (Å²) >= 11 is 1.61. The highest BCUT2D eigenvalue weighted by Crippen LogP contribution is 2.51. The van der Waals surface area contributed by atoms with Gasteiger partial charge in [0.05, 0.1) is 17.2 Å². The Labute approximate surface area is 180 Å². The molecule has 2 aliphatic rings. The standard InChI is InChI=1S/C25H21N3OS/c26-16-17-5-4-8-19(13-17)20-9-10-22-21(14-20)25(11-12-30-24(27)28-25)15-23(29-22)18-6-2-1-3-7-18/h1-10,13-14,23H,11-12,15H2,(H2,27,28)/t23-,25-/m1/s1. The number of nitriles is 1. The van der Waals surface area contributed by atoms with E-state index in [4.69, 9.17) is 15.5 Å². The van der Waals surface area contributed by atoms with Crippen molar-refractivity contribution >= 4 is 16.9 Å². The molecule has 0 saturated carbocycles. The topological polar surface area (TPSA) is 71.4 Å². The van der Waals surface area contributed by atoms with Crippen LogP contribution >= 0.6 is 11.8 Å². The van der Waals surface area contributed by atoms with Crippen LogP contribution in [-0.2, 0) is 5.54 Å². The van der Waals surface area contributed by atoms with E-state index in [2.05, 4.69) is 30.3 Å². The fraction of sp³-hybridized carbons (Fsp3) is 0.200. The zero-order valence-corrected chi connectivity index (χ0v) is 17.2. The van der Waals surface area contributed by atoms with E-state index in [-0.39, 0.29) is 6.10 Å². The molecule has 5 rings (SSSR count). The van der Waals surface area contributed by atoms with Crippen molar-refractivity contribution in [3.8, 4) is 22.9 Å². The van der Waals surface area contributed by atoms with Crippen LogP contribution in [0.1, 0.15) is 35.6 Å². The predicted molar refractivity (Wildman–Crippen MR) is 121 cm³/mol. The summed E-state index contributed by atoms with van der Waals surface area (Å²) in [4.78, 5) is 4.98. The molecule has 0 aromatic heterocycles. The van der Waals surface area contributed by atoms with Gasteiger partial charge in [0.15, 0.2) is 5.17 Å². The van der Waals surface area contributed by atoms with Gasteiger partial charge >= 0.3 is 0 Å². The fourth-order valence-electron chi connectivity index (χ4n) is 4.38. The number of hydrogen-bond donors (Lipinski definition) is 1. The highest BCUT2D eigenvalue weighted by Gasteiger charge is 2.44. The van der Waals surface area contributed by atoms with Crippen molar-refractivity contribution in [1.29, 1.82) is 5.26 Å². The first kappa shape index (κ1) is 18.8. The molecule has 0 unspecified atom stereocenters. The summed E-state index contributed by atoms with van der Waals surface area (Å²) in [5, 5.41) is 9.90. The second kappa shape index (κ2) is 7.55. The fourth-order valence-corrected chi connectivity index (χ4v) is 5.26. The molecule has 148 valence electrons. The molecule has 0 amide bonds. The maximum absolute atomic E-state index is 9.26. The van der Waals surface area contributed by atoms with Crippen LogP contribution < -0.4 is 10.5 Å². The van der Waals surface area contributed by atoms with E-state index < -0.39 is 5.54 Å². The average Bonchev–Trinajstić information content (AvgIpc) is 2.79. The Morgan fingerprint density at radius 3 is 2.67 bits per heavy atom. The van der Waals surface area contributed by atoms with Crippen LogP contribution in [0.15, 0.2) is 77.8 Å². The second-order valence-corrected chi connectivity index (χ2v) is 8.82. The summed E-state index contributed by atoms with van der Waals surface area (Å²) in [5.41, 5.74) is 10.8. The van der Waals surface area contributed by atoms with E-state index in [1.807, 2.05) is 48.5 Å². The van der Waals surface area contributed by atoms with Gasteiger partial charge in [0.2, 0.25) is 0 Å². The molecule has 0 radical (unpaired) electrons. The van der Waals surface area contributed by atoms with Crippen LogP contribution in [0.25, 0.3) is 11.1 Å². The summed E-state index contributed by atoms with van der Waals surface area (Å²) in [7, 11) is 0. The minimum absolute atomic E-state index is 0.0638. The van der Waals surface area contributed by atoms with Crippen LogP contribution in [-0.4, -0.2) is 10.9 Å². The van der Waals surface area contributed by atoms with Gasteiger partial charge < -0.3 is 10.5 Å². The first-order valence-electron chi connectivity index (χ1n) is 10.0. The third-order valence-electron chi connectivity index (χ3n) is 5.86. The van der Waals surface area contributed by atoms with Gasteiger partial charge in [-0.05, 0) is 47.4 Å². The Bertz CT molecular complexity index is 1170. The normalized spacial score (nSPS) is 22.5. The van der Waals surface area contributed by atoms with Crippen molar-refractivity contribution < 1.29 is 4.74 Å². The highest BCUT2D eigenvalue weighted by molar-refractivity contribution is 8.13. The molecule has 3 aromatic rings. The first-order chi connectivity index (χ1) is 14.7. The van der Waals surface area contributed by atoms with Gasteiger partial charge in [0.1, 0.15) is 11.9 Å². The maximum atomic E-state index is 9.26. The lowest BCUT2D eigenvalue weighted by Crippen LogP contribution is -2.37. The number of nitrogens with two attached hydrogens (primary N) is 1. The van der Waals surface area contributed by atoms with Gasteiger partial charge in [-0.2, -0.15) is 5.26 Å². The largest absolute Gasteiger partial charge is 0.485 e. The number of aliphatic imine (C=N–C) groups is 1. The molecule has 5 heteroatoms. The molecule has 3 aromatic carbocycles. The van der Waals surface area contributed by atoms with Crippen LogP contribution in [0.2, 0.25) is 0 Å². The van der Waals surface area contributed by atoms with Crippen molar-refractivity contribution in [2.75, 3.05) is 5.75 Å². The maximum Gasteiger partial charge on any atom is 0.154 e. The number of nitrogens with zero attached hydrogens (tertiary/aromatic N) is 2. The van der Waals surface area contributed by atoms with Gasteiger partial charge in [-0.15, -0.1) is 0 Å². The number of hydrogen-bond acceptors (Lipinski definition) is 5. The molecular formula is C25H21N3OS. The van der Waals surface area contributed by atoms with Crippen LogP contribution in [0.5, 0.6) is 5.75 Å². The number of ether oxygens (including phenoxy) is 1. The predicted octanol–water partition coefficient (Wildman–Crippen LogP) is 5.40. The lowest BCUT2D eigenvalue weighted by atomic mass is 9.78. The Morgan fingerprint density at radius 1 is 1.03 bits per heavy atom. The van der Waals surface area contributed by atoms with E-state index in [1.165, 1.54) is 0 Å². The van der Waals surface area contributed by atoms with Crippen LogP contribution in [0.4, 0.5) is 0 Å². The zero-order chi connectivity index (χ0) is 20.6. The average molecular weight is 412 g/mol. The summed E-state index contributed by atoms with van der Waals surface area (Å²) in [6, 6.07) is 26.5. The SMILES string of the molecule is N#Cc1cccc(-c2ccc3c(c2)[C@@]2(CCSC(N)=N2)C[C@H](c2ccccc2)O3)c1. The zero-order valence-electron chi connectivity index (χ0n) is 16.4. The minimum atomic E-state index is -0.397. The van der Waals surface area contributed by atoms with E-state index in [0.29, 0.717) is 10.7 Å². The molecule has 30 heavy (non-hydrogen) atoms. The molecule has 2 atom stereocenters. The van der Waals surface area contributed by atoms with Gasteiger partial charge in [0, 0.05) is 17.7 Å². The Hall–Kier alpha value is -3.23. The van der Waals surface area contributed by atoms with E-state index in [1.54, 1.807) is 11.8 Å². The molecule has 0 bridgehead atoms. The molecule has 4 nitrogen and oxygen atoms in total. The minimum Gasteiger partial charge on any atom is -0.485 e. The smallest absolute Gasteiger partial charge is 0.154 e. The molecule has 0 fully saturated rings. The van der Waals surface area contributed by atoms with Crippen molar-refractivity contribution in [3.63, 3.8) is 0 Å². The van der Waals surface area contributed by atoms with Gasteiger partial charge in [-0.1, -0.05) is 60.3 Å². The molecule has 1 spiro atoms. The van der Waals surface area contributed by atoms with Crippen LogP contribution in [0, 0.1) is 11.3 Å². The lowest BCUT2D eigenvalue weighted by molar-refractivity contribution is 0.123. The van der Waals surface area contributed by atoms with Gasteiger partial charge in [-0.3, -0.25) is 4.99 Å². The van der Waals surface area contributed by atoms with E-state index >= 15 is 0 Å². The van der Waals surface area contributed by atoms with Crippen molar-refractivity contribution in [2.24, 2.45) is 10.7 Å². The van der Waals surface area contributed by atoms with Crippen molar-refractivity contribution in [2.45, 2.75) is 24.5 Å². The van der Waals surface area contributed by atoms with Crippen LogP contribution in [0.3, 0.4) is 0 Å². The number of rotatable bonds is 2. The van der Waals surface area contributed by atoms with E-state index in [0.717, 1.165) is 46.6 Å². The Morgan fingerprint density at radius 2 is 1.87 bits per heavy atom. The molecule has 0 saturated heterocycles. The first-order valence-corrected chi connectivity index (χ1v) is 11.0. The molecule has 2 heterocycles. The molecule has 2 N–H and O–H groups in total.